The zero-order valence-corrected chi connectivity index (χ0v) is 16.5. The summed E-state index contributed by atoms with van der Waals surface area (Å²) in [5, 5.41) is 0. The number of Topliss-reactive ketones (excluding diaryl/α,β-unsaturated/α-hetero) is 1. The van der Waals surface area contributed by atoms with E-state index in [0.29, 0.717) is 24.5 Å². The van der Waals surface area contributed by atoms with E-state index in [9.17, 15) is 14.4 Å². The molecular weight excluding hydrogens is 352 g/mol. The van der Waals surface area contributed by atoms with Gasteiger partial charge in [0, 0.05) is 19.2 Å². The van der Waals surface area contributed by atoms with Gasteiger partial charge in [0.2, 0.25) is 11.7 Å². The lowest BCUT2D eigenvalue weighted by Crippen LogP contribution is -2.43. The van der Waals surface area contributed by atoms with Crippen molar-refractivity contribution in [3.63, 3.8) is 0 Å². The zero-order chi connectivity index (χ0) is 20.1. The SMILES string of the molecule is CCCN(CCC)C(=O)CN1C(=O)C(=O)c2c1cc(OC)c(OC)c2OC. The summed E-state index contributed by atoms with van der Waals surface area (Å²) in [7, 11) is 4.25. The topological polar surface area (TPSA) is 85.4 Å². The van der Waals surface area contributed by atoms with Gasteiger partial charge in [0.25, 0.3) is 11.7 Å². The van der Waals surface area contributed by atoms with E-state index in [-0.39, 0.29) is 29.5 Å². The molecule has 8 nitrogen and oxygen atoms in total. The first-order valence-electron chi connectivity index (χ1n) is 8.91. The molecule has 2 rings (SSSR count). The second-order valence-electron chi connectivity index (χ2n) is 6.14. The molecule has 0 N–H and O–H groups in total. The van der Waals surface area contributed by atoms with Gasteiger partial charge in [-0.15, -0.1) is 0 Å². The number of carbonyl (C=O) groups excluding carboxylic acids is 3. The van der Waals surface area contributed by atoms with Gasteiger partial charge in [0.1, 0.15) is 6.54 Å². The maximum absolute atomic E-state index is 12.7. The van der Waals surface area contributed by atoms with Crippen LogP contribution in [0.3, 0.4) is 0 Å². The highest BCUT2D eigenvalue weighted by atomic mass is 16.5. The van der Waals surface area contributed by atoms with E-state index in [4.69, 9.17) is 14.2 Å². The Morgan fingerprint density at radius 2 is 1.59 bits per heavy atom. The smallest absolute Gasteiger partial charge is 0.300 e. The number of methoxy groups -OCH3 is 3. The Bertz CT molecular complexity index is 740. The number of amides is 2. The lowest BCUT2D eigenvalue weighted by molar-refractivity contribution is -0.130. The molecule has 0 saturated heterocycles. The van der Waals surface area contributed by atoms with Crippen LogP contribution in [-0.2, 0) is 9.59 Å². The molecule has 0 unspecified atom stereocenters. The van der Waals surface area contributed by atoms with Crippen LogP contribution in [0.4, 0.5) is 5.69 Å². The molecule has 0 aromatic heterocycles. The van der Waals surface area contributed by atoms with Crippen LogP contribution in [0.15, 0.2) is 6.07 Å². The normalized spacial score (nSPS) is 12.9. The summed E-state index contributed by atoms with van der Waals surface area (Å²) >= 11 is 0. The molecule has 1 aliphatic heterocycles. The van der Waals surface area contributed by atoms with Gasteiger partial charge < -0.3 is 19.1 Å². The number of nitrogens with zero attached hydrogens (tertiary/aromatic N) is 2. The summed E-state index contributed by atoms with van der Waals surface area (Å²) in [6, 6.07) is 1.52. The summed E-state index contributed by atoms with van der Waals surface area (Å²) < 4.78 is 15.9. The quantitative estimate of drug-likeness (QED) is 0.610. The van der Waals surface area contributed by atoms with Crippen LogP contribution < -0.4 is 19.1 Å². The van der Waals surface area contributed by atoms with E-state index >= 15 is 0 Å². The maximum atomic E-state index is 12.7. The van der Waals surface area contributed by atoms with E-state index in [2.05, 4.69) is 0 Å². The van der Waals surface area contributed by atoms with E-state index in [1.54, 1.807) is 4.90 Å². The Morgan fingerprint density at radius 1 is 1.00 bits per heavy atom. The summed E-state index contributed by atoms with van der Waals surface area (Å²) in [4.78, 5) is 40.7. The van der Waals surface area contributed by atoms with Crippen LogP contribution in [0.2, 0.25) is 0 Å². The number of hydrogen-bond donors (Lipinski definition) is 0. The summed E-state index contributed by atoms with van der Waals surface area (Å²) in [5.74, 6) is -1.03. The van der Waals surface area contributed by atoms with Crippen LogP contribution in [0.25, 0.3) is 0 Å². The molecule has 1 aromatic rings. The van der Waals surface area contributed by atoms with E-state index < -0.39 is 11.7 Å². The van der Waals surface area contributed by atoms with Crippen molar-refractivity contribution in [1.29, 1.82) is 0 Å². The molecule has 8 heteroatoms. The minimum Gasteiger partial charge on any atom is -0.493 e. The number of hydrogen-bond acceptors (Lipinski definition) is 6. The van der Waals surface area contributed by atoms with Gasteiger partial charge in [-0.05, 0) is 12.8 Å². The van der Waals surface area contributed by atoms with Gasteiger partial charge in [-0.25, -0.2) is 0 Å². The molecule has 0 fully saturated rings. The fourth-order valence-corrected chi connectivity index (χ4v) is 3.21. The van der Waals surface area contributed by atoms with E-state index in [0.717, 1.165) is 12.8 Å². The van der Waals surface area contributed by atoms with E-state index in [1.807, 2.05) is 13.8 Å². The third-order valence-electron chi connectivity index (χ3n) is 4.40. The van der Waals surface area contributed by atoms with Crippen molar-refractivity contribution in [2.24, 2.45) is 0 Å². The molecule has 0 saturated carbocycles. The summed E-state index contributed by atoms with van der Waals surface area (Å²) in [6.07, 6.45) is 1.63. The average molecular weight is 378 g/mol. The molecule has 1 heterocycles. The van der Waals surface area contributed by atoms with Gasteiger partial charge >= 0.3 is 0 Å². The van der Waals surface area contributed by atoms with Crippen molar-refractivity contribution in [2.75, 3.05) is 45.9 Å². The van der Waals surface area contributed by atoms with Gasteiger partial charge in [-0.2, -0.15) is 0 Å². The van der Waals surface area contributed by atoms with Crippen LogP contribution in [-0.4, -0.2) is 63.5 Å². The Kier molecular flexibility index (Phi) is 6.65. The van der Waals surface area contributed by atoms with Gasteiger partial charge in [-0.3, -0.25) is 19.3 Å². The van der Waals surface area contributed by atoms with Gasteiger partial charge in [-0.1, -0.05) is 13.8 Å². The second-order valence-corrected chi connectivity index (χ2v) is 6.14. The van der Waals surface area contributed by atoms with Crippen LogP contribution in [0.1, 0.15) is 37.0 Å². The lowest BCUT2D eigenvalue weighted by atomic mass is 10.1. The number of benzene rings is 1. The fraction of sp³-hybridized carbons (Fsp3) is 0.526. The molecule has 0 atom stereocenters. The lowest BCUT2D eigenvalue weighted by Gasteiger charge is -2.25. The minimum absolute atomic E-state index is 0.0884. The third kappa shape index (κ3) is 3.70. The molecule has 27 heavy (non-hydrogen) atoms. The molecule has 0 spiro atoms. The third-order valence-corrected chi connectivity index (χ3v) is 4.40. The highest BCUT2D eigenvalue weighted by Crippen LogP contribution is 2.47. The molecule has 1 aliphatic rings. The Morgan fingerprint density at radius 3 is 2.07 bits per heavy atom. The first-order valence-corrected chi connectivity index (χ1v) is 8.91. The Hall–Kier alpha value is -2.77. The van der Waals surface area contributed by atoms with Crippen LogP contribution in [0, 0.1) is 0 Å². The largest absolute Gasteiger partial charge is 0.493 e. The Labute approximate surface area is 159 Å². The standard InChI is InChI=1S/C19H26N2O6/c1-6-8-20(9-7-2)14(22)11-21-12-10-13(25-3)17(26-4)18(27-5)15(12)16(23)19(21)24/h10H,6-9,11H2,1-5H3. The number of anilines is 1. The number of rotatable bonds is 9. The molecule has 2 amide bonds. The van der Waals surface area contributed by atoms with Crippen molar-refractivity contribution < 1.29 is 28.6 Å². The molecule has 148 valence electrons. The number of ketones is 1. The average Bonchev–Trinajstić information content (AvgIpc) is 2.90. The van der Waals surface area contributed by atoms with Crippen LogP contribution >= 0.6 is 0 Å². The van der Waals surface area contributed by atoms with Gasteiger partial charge in [0.15, 0.2) is 11.5 Å². The van der Waals surface area contributed by atoms with Crippen molar-refractivity contribution in [1.82, 2.24) is 4.90 Å². The molecule has 0 radical (unpaired) electrons. The maximum Gasteiger partial charge on any atom is 0.300 e. The predicted octanol–water partition coefficient (Wildman–Crippen LogP) is 1.89. The van der Waals surface area contributed by atoms with Gasteiger partial charge in [0.05, 0.1) is 32.6 Å². The van der Waals surface area contributed by atoms with Crippen LogP contribution in [0.5, 0.6) is 17.2 Å². The predicted molar refractivity (Wildman–Crippen MR) is 99.9 cm³/mol. The fourth-order valence-electron chi connectivity index (χ4n) is 3.21. The first kappa shape index (κ1) is 20.5. The zero-order valence-electron chi connectivity index (χ0n) is 16.5. The number of carbonyl (C=O) groups is 3. The summed E-state index contributed by atoms with van der Waals surface area (Å²) in [6.45, 7) is 4.96. The molecule has 0 aliphatic carbocycles. The number of fused-ring (bicyclic) bond motifs is 1. The highest BCUT2D eigenvalue weighted by Gasteiger charge is 2.42. The number of ether oxygens (including phenoxy) is 3. The molecular formula is C19H26N2O6. The first-order chi connectivity index (χ1) is 12.9. The van der Waals surface area contributed by atoms with E-state index in [1.165, 1.54) is 32.3 Å². The van der Waals surface area contributed by atoms with Crippen molar-refractivity contribution in [2.45, 2.75) is 26.7 Å². The monoisotopic (exact) mass is 378 g/mol. The minimum atomic E-state index is -0.764. The highest BCUT2D eigenvalue weighted by molar-refractivity contribution is 6.53. The van der Waals surface area contributed by atoms with Crippen molar-refractivity contribution >= 4 is 23.3 Å². The van der Waals surface area contributed by atoms with Crippen molar-refractivity contribution in [3.05, 3.63) is 11.6 Å². The summed E-state index contributed by atoms with van der Waals surface area (Å²) in [5.41, 5.74) is 0.381. The molecule has 0 bridgehead atoms. The van der Waals surface area contributed by atoms with Crippen molar-refractivity contribution in [3.8, 4) is 17.2 Å². The Balaban J connectivity index is 2.47. The molecule has 1 aromatic carbocycles. The second kappa shape index (κ2) is 8.75.